The lowest BCUT2D eigenvalue weighted by atomic mass is 9.87. The number of hydrogen-bond acceptors (Lipinski definition) is 3. The predicted molar refractivity (Wildman–Crippen MR) is 45.2 cm³/mol. The summed E-state index contributed by atoms with van der Waals surface area (Å²) in [4.78, 5) is 11.4. The number of rotatable bonds is 2. The number of halogens is 1. The minimum absolute atomic E-state index is 0.0116. The van der Waals surface area contributed by atoms with Gasteiger partial charge < -0.3 is 9.47 Å². The first-order valence-electron chi connectivity index (χ1n) is 4.69. The van der Waals surface area contributed by atoms with Crippen LogP contribution in [0.25, 0.3) is 0 Å². The molecule has 1 saturated heterocycles. The molecule has 0 amide bonds. The Balaban J connectivity index is 1.88. The van der Waals surface area contributed by atoms with Crippen LogP contribution in [0.15, 0.2) is 0 Å². The van der Waals surface area contributed by atoms with Crippen LogP contribution in [0.4, 0.5) is 0 Å². The van der Waals surface area contributed by atoms with Gasteiger partial charge in [-0.15, -0.1) is 0 Å². The number of carbonyl (C=O) groups is 1. The second-order valence-electron chi connectivity index (χ2n) is 4.14. The van der Waals surface area contributed by atoms with Crippen LogP contribution in [-0.4, -0.2) is 24.2 Å². The fraction of sp³-hybridized carbons (Fsp3) is 0.889. The number of alkyl halides is 1. The van der Waals surface area contributed by atoms with Crippen molar-refractivity contribution in [3.05, 3.63) is 0 Å². The Morgan fingerprint density at radius 2 is 2.38 bits per heavy atom. The summed E-state index contributed by atoms with van der Waals surface area (Å²) in [5.74, 6) is 0.850. The van der Waals surface area contributed by atoms with E-state index in [1.165, 1.54) is 0 Å². The van der Waals surface area contributed by atoms with Crippen LogP contribution in [0.1, 0.15) is 12.8 Å². The summed E-state index contributed by atoms with van der Waals surface area (Å²) >= 11 is 5.53. The highest BCUT2D eigenvalue weighted by Crippen LogP contribution is 2.55. The highest BCUT2D eigenvalue weighted by atomic mass is 35.5. The van der Waals surface area contributed by atoms with Crippen LogP contribution in [0.2, 0.25) is 0 Å². The first-order valence-corrected chi connectivity index (χ1v) is 5.23. The van der Waals surface area contributed by atoms with Gasteiger partial charge in [0.15, 0.2) is 0 Å². The maximum Gasteiger partial charge on any atom is 0.312 e. The number of carbonyl (C=O) groups excluding carboxylic acids is 1. The van der Waals surface area contributed by atoms with Crippen LogP contribution in [0, 0.1) is 17.8 Å². The molecule has 3 nitrogen and oxygen atoms in total. The maximum absolute atomic E-state index is 11.4. The van der Waals surface area contributed by atoms with Crippen molar-refractivity contribution in [2.24, 2.45) is 17.8 Å². The summed E-state index contributed by atoms with van der Waals surface area (Å²) in [5.41, 5.74) is 0. The van der Waals surface area contributed by atoms with Gasteiger partial charge in [-0.05, 0) is 18.8 Å². The highest BCUT2D eigenvalue weighted by molar-refractivity contribution is 6.17. The van der Waals surface area contributed by atoms with Crippen LogP contribution in [0.3, 0.4) is 0 Å². The van der Waals surface area contributed by atoms with Gasteiger partial charge in [0.2, 0.25) is 0 Å². The average Bonchev–Trinajstić information content (AvgIpc) is 2.65. The standard InChI is InChI=1S/C9H11ClO3/c10-3-12-8-4-1-5-6(2-4)13-9(11)7(5)8/h4-8H,1-3H2. The van der Waals surface area contributed by atoms with E-state index in [-0.39, 0.29) is 30.2 Å². The average molecular weight is 203 g/mol. The van der Waals surface area contributed by atoms with Gasteiger partial charge in [-0.3, -0.25) is 4.79 Å². The van der Waals surface area contributed by atoms with Gasteiger partial charge in [-0.1, -0.05) is 11.6 Å². The zero-order valence-corrected chi connectivity index (χ0v) is 7.87. The molecule has 0 radical (unpaired) electrons. The zero-order valence-electron chi connectivity index (χ0n) is 7.11. The molecule has 13 heavy (non-hydrogen) atoms. The minimum Gasteiger partial charge on any atom is -0.462 e. The molecule has 72 valence electrons. The lowest BCUT2D eigenvalue weighted by Gasteiger charge is -2.23. The van der Waals surface area contributed by atoms with Gasteiger partial charge >= 0.3 is 5.97 Å². The van der Waals surface area contributed by atoms with Crippen LogP contribution in [0.5, 0.6) is 0 Å². The van der Waals surface area contributed by atoms with E-state index in [2.05, 4.69) is 0 Å². The third-order valence-corrected chi connectivity index (χ3v) is 3.79. The molecule has 0 spiro atoms. The Morgan fingerprint density at radius 1 is 1.54 bits per heavy atom. The number of fused-ring (bicyclic) bond motifs is 1. The molecular formula is C9H11ClO3. The molecule has 0 aromatic carbocycles. The first kappa shape index (κ1) is 8.06. The molecular weight excluding hydrogens is 192 g/mol. The summed E-state index contributed by atoms with van der Waals surface area (Å²) in [6, 6.07) is 0.183. The van der Waals surface area contributed by atoms with E-state index in [0.29, 0.717) is 11.8 Å². The van der Waals surface area contributed by atoms with E-state index in [4.69, 9.17) is 21.1 Å². The minimum atomic E-state index is -0.0647. The van der Waals surface area contributed by atoms with Crippen LogP contribution < -0.4 is 0 Å². The van der Waals surface area contributed by atoms with Gasteiger partial charge in [-0.25, -0.2) is 0 Å². The zero-order chi connectivity index (χ0) is 9.00. The molecule has 5 unspecified atom stereocenters. The third kappa shape index (κ3) is 0.919. The summed E-state index contributed by atoms with van der Waals surface area (Å²) in [7, 11) is 0. The van der Waals surface area contributed by atoms with Gasteiger partial charge in [0.05, 0.1) is 12.0 Å². The molecule has 0 aromatic rings. The van der Waals surface area contributed by atoms with Gasteiger partial charge in [0.25, 0.3) is 0 Å². The maximum atomic E-state index is 11.4. The first-order chi connectivity index (χ1) is 6.31. The van der Waals surface area contributed by atoms with E-state index in [1.807, 2.05) is 0 Å². The molecule has 4 heteroatoms. The van der Waals surface area contributed by atoms with Crippen molar-refractivity contribution in [1.29, 1.82) is 0 Å². The number of esters is 1. The Hall–Kier alpha value is -0.280. The predicted octanol–water partition coefficient (Wildman–Crippen LogP) is 1.15. The molecule has 2 bridgehead atoms. The summed E-state index contributed by atoms with van der Waals surface area (Å²) in [5, 5.41) is 0. The molecule has 1 aliphatic heterocycles. The van der Waals surface area contributed by atoms with E-state index >= 15 is 0 Å². The fourth-order valence-corrected chi connectivity index (χ4v) is 3.38. The molecule has 5 atom stereocenters. The summed E-state index contributed by atoms with van der Waals surface area (Å²) in [6.45, 7) is 0. The van der Waals surface area contributed by atoms with Crippen molar-refractivity contribution in [3.63, 3.8) is 0 Å². The van der Waals surface area contributed by atoms with Crippen molar-refractivity contribution >= 4 is 17.6 Å². The Bertz CT molecular complexity index is 253. The molecule has 2 aliphatic carbocycles. The SMILES string of the molecule is O=C1OC2CC3CC2C1C3OCCl. The fourth-order valence-electron chi connectivity index (χ4n) is 3.24. The third-order valence-electron chi connectivity index (χ3n) is 3.66. The van der Waals surface area contributed by atoms with Gasteiger partial charge in [0, 0.05) is 5.92 Å². The van der Waals surface area contributed by atoms with Crippen LogP contribution >= 0.6 is 11.6 Å². The lowest BCUT2D eigenvalue weighted by Crippen LogP contribution is -2.32. The highest BCUT2D eigenvalue weighted by Gasteiger charge is 2.62. The summed E-state index contributed by atoms with van der Waals surface area (Å²) < 4.78 is 10.7. The smallest absolute Gasteiger partial charge is 0.312 e. The van der Waals surface area contributed by atoms with E-state index in [1.54, 1.807) is 0 Å². The van der Waals surface area contributed by atoms with Gasteiger partial charge in [-0.2, -0.15) is 0 Å². The van der Waals surface area contributed by atoms with Crippen molar-refractivity contribution in [2.45, 2.75) is 25.0 Å². The van der Waals surface area contributed by atoms with Crippen molar-refractivity contribution in [1.82, 2.24) is 0 Å². The molecule has 1 heterocycles. The second kappa shape index (κ2) is 2.61. The Morgan fingerprint density at radius 3 is 3.15 bits per heavy atom. The second-order valence-corrected chi connectivity index (χ2v) is 4.36. The Kier molecular flexibility index (Phi) is 1.62. The van der Waals surface area contributed by atoms with Crippen molar-refractivity contribution in [3.8, 4) is 0 Å². The quantitative estimate of drug-likeness (QED) is 0.498. The molecule has 3 rings (SSSR count). The van der Waals surface area contributed by atoms with Crippen molar-refractivity contribution in [2.75, 3.05) is 6.07 Å². The monoisotopic (exact) mass is 202 g/mol. The van der Waals surface area contributed by atoms with Crippen LogP contribution in [-0.2, 0) is 14.3 Å². The topological polar surface area (TPSA) is 35.5 Å². The number of hydrogen-bond donors (Lipinski definition) is 0. The largest absolute Gasteiger partial charge is 0.462 e. The van der Waals surface area contributed by atoms with E-state index in [9.17, 15) is 4.79 Å². The van der Waals surface area contributed by atoms with E-state index in [0.717, 1.165) is 12.8 Å². The van der Waals surface area contributed by atoms with Crippen molar-refractivity contribution < 1.29 is 14.3 Å². The van der Waals surface area contributed by atoms with Gasteiger partial charge in [0.1, 0.15) is 12.2 Å². The molecule has 0 N–H and O–H groups in total. The molecule has 3 fully saturated rings. The molecule has 0 aromatic heterocycles. The Labute approximate surface area is 81.3 Å². The lowest BCUT2D eigenvalue weighted by molar-refractivity contribution is -0.145. The van der Waals surface area contributed by atoms with E-state index < -0.39 is 0 Å². The molecule has 2 saturated carbocycles. The normalized spacial score (nSPS) is 51.5. The molecule has 3 aliphatic rings. The summed E-state index contributed by atoms with van der Waals surface area (Å²) in [6.07, 6.45) is 2.29. The number of ether oxygens (including phenoxy) is 2.